The van der Waals surface area contributed by atoms with Crippen LogP contribution in [-0.4, -0.2) is 54.7 Å². The molecule has 0 N–H and O–H groups in total. The molecule has 3 aliphatic rings. The number of hydrogen-bond donors (Lipinski definition) is 0. The van der Waals surface area contributed by atoms with E-state index >= 15 is 0 Å². The summed E-state index contributed by atoms with van der Waals surface area (Å²) in [4.78, 5) is 42.9. The number of carbonyl (C=O) groups excluding carboxylic acids is 3. The molecule has 8 nitrogen and oxygen atoms in total. The Hall–Kier alpha value is -3.55. The smallest absolute Gasteiger partial charge is 0.261 e. The Morgan fingerprint density at radius 1 is 0.879 bits per heavy atom. The van der Waals surface area contributed by atoms with Gasteiger partial charge in [-0.3, -0.25) is 23.7 Å². The van der Waals surface area contributed by atoms with Gasteiger partial charge < -0.3 is 4.90 Å². The van der Waals surface area contributed by atoms with Gasteiger partial charge >= 0.3 is 0 Å². The molecule has 8 heteroatoms. The van der Waals surface area contributed by atoms with E-state index in [0.29, 0.717) is 23.2 Å². The number of likely N-dealkylation sites (tertiary alicyclic amines) is 1. The SMILES string of the molecule is O=C1c2ccc(C(=O)N3CCC[C@@H]3c3nnc4ccccn34)cc2C(=O)N1C1CCCCC1. The lowest BCUT2D eigenvalue weighted by molar-refractivity contribution is 0.0548. The molecule has 33 heavy (non-hydrogen) atoms. The Kier molecular flexibility index (Phi) is 4.74. The van der Waals surface area contributed by atoms with Crippen molar-refractivity contribution in [3.8, 4) is 0 Å². The number of pyridine rings is 1. The molecule has 1 saturated heterocycles. The molecule has 1 saturated carbocycles. The van der Waals surface area contributed by atoms with Gasteiger partial charge in [0, 0.05) is 24.3 Å². The number of aromatic nitrogens is 3. The number of nitrogens with zero attached hydrogens (tertiary/aromatic N) is 5. The van der Waals surface area contributed by atoms with Crippen molar-refractivity contribution < 1.29 is 14.4 Å². The fourth-order valence-corrected chi connectivity index (χ4v) is 5.59. The molecule has 0 bridgehead atoms. The van der Waals surface area contributed by atoms with Gasteiger partial charge in [0.25, 0.3) is 17.7 Å². The van der Waals surface area contributed by atoms with E-state index in [-0.39, 0.29) is 29.8 Å². The second kappa shape index (κ2) is 7.79. The number of imide groups is 1. The summed E-state index contributed by atoms with van der Waals surface area (Å²) >= 11 is 0. The summed E-state index contributed by atoms with van der Waals surface area (Å²) < 4.78 is 1.92. The number of hydrogen-bond acceptors (Lipinski definition) is 5. The molecule has 2 fully saturated rings. The first-order valence-electron chi connectivity index (χ1n) is 11.8. The van der Waals surface area contributed by atoms with Crippen LogP contribution in [0.3, 0.4) is 0 Å². The van der Waals surface area contributed by atoms with Crippen molar-refractivity contribution in [2.45, 2.75) is 57.0 Å². The maximum atomic E-state index is 13.5. The molecule has 0 spiro atoms. The van der Waals surface area contributed by atoms with Gasteiger partial charge in [-0.25, -0.2) is 0 Å². The summed E-state index contributed by atoms with van der Waals surface area (Å²) in [6.45, 7) is 0.614. The lowest BCUT2D eigenvalue weighted by atomic mass is 9.94. The van der Waals surface area contributed by atoms with Gasteiger partial charge in [0.15, 0.2) is 11.5 Å². The van der Waals surface area contributed by atoms with E-state index < -0.39 is 0 Å². The van der Waals surface area contributed by atoms with Crippen LogP contribution in [0.2, 0.25) is 0 Å². The Bertz CT molecular complexity index is 1280. The van der Waals surface area contributed by atoms with Crippen LogP contribution in [0.15, 0.2) is 42.6 Å². The van der Waals surface area contributed by atoms with Crippen LogP contribution in [0.5, 0.6) is 0 Å². The Morgan fingerprint density at radius 3 is 2.55 bits per heavy atom. The molecule has 0 unspecified atom stereocenters. The minimum absolute atomic E-state index is 0.0329. The zero-order chi connectivity index (χ0) is 22.5. The summed E-state index contributed by atoms with van der Waals surface area (Å²) in [6, 6.07) is 10.4. The summed E-state index contributed by atoms with van der Waals surface area (Å²) in [5.74, 6) is 0.101. The quantitative estimate of drug-likeness (QED) is 0.577. The third-order valence-electron chi connectivity index (χ3n) is 7.26. The van der Waals surface area contributed by atoms with Crippen LogP contribution in [0, 0.1) is 0 Å². The van der Waals surface area contributed by atoms with Crippen molar-refractivity contribution in [3.05, 3.63) is 65.1 Å². The lowest BCUT2D eigenvalue weighted by Gasteiger charge is -2.29. The van der Waals surface area contributed by atoms with Crippen LogP contribution in [-0.2, 0) is 0 Å². The first-order valence-corrected chi connectivity index (χ1v) is 11.8. The number of rotatable bonds is 3. The van der Waals surface area contributed by atoms with Crippen molar-refractivity contribution in [3.63, 3.8) is 0 Å². The molecule has 1 aliphatic carbocycles. The normalized spacial score (nSPS) is 21.3. The van der Waals surface area contributed by atoms with Gasteiger partial charge in [-0.2, -0.15) is 0 Å². The maximum Gasteiger partial charge on any atom is 0.261 e. The highest BCUT2D eigenvalue weighted by Crippen LogP contribution is 2.35. The van der Waals surface area contributed by atoms with Gasteiger partial charge in [-0.05, 0) is 56.0 Å². The van der Waals surface area contributed by atoms with Crippen molar-refractivity contribution >= 4 is 23.4 Å². The molecule has 168 valence electrons. The zero-order valence-electron chi connectivity index (χ0n) is 18.3. The van der Waals surface area contributed by atoms with Gasteiger partial charge in [0.05, 0.1) is 17.2 Å². The first kappa shape index (κ1) is 20.1. The third kappa shape index (κ3) is 3.15. The van der Waals surface area contributed by atoms with Crippen molar-refractivity contribution in [2.24, 2.45) is 0 Å². The third-order valence-corrected chi connectivity index (χ3v) is 7.26. The standard InChI is InChI=1S/C25H25N5O3/c31-23(28-14-6-9-20(28)22-27-26-21-10-4-5-13-29(21)22)16-11-12-18-19(15-16)25(33)30(24(18)32)17-7-2-1-3-8-17/h4-5,10-13,15,17,20H,1-3,6-9,14H2/t20-/m1/s1. The van der Waals surface area contributed by atoms with Crippen LogP contribution < -0.4 is 0 Å². The van der Waals surface area contributed by atoms with E-state index in [1.54, 1.807) is 18.2 Å². The maximum absolute atomic E-state index is 13.5. The van der Waals surface area contributed by atoms with Gasteiger partial charge in [-0.15, -0.1) is 10.2 Å². The highest BCUT2D eigenvalue weighted by Gasteiger charge is 2.41. The van der Waals surface area contributed by atoms with Crippen LogP contribution in [0.25, 0.3) is 5.65 Å². The molecular weight excluding hydrogens is 418 g/mol. The fraction of sp³-hybridized carbons (Fsp3) is 0.400. The molecule has 0 radical (unpaired) electrons. The van der Waals surface area contributed by atoms with E-state index in [1.807, 2.05) is 33.7 Å². The summed E-state index contributed by atoms with van der Waals surface area (Å²) in [5.41, 5.74) is 1.93. The van der Waals surface area contributed by atoms with E-state index in [1.165, 1.54) is 4.90 Å². The number of amides is 3. The number of carbonyl (C=O) groups is 3. The molecule has 4 heterocycles. The largest absolute Gasteiger partial charge is 0.328 e. The van der Waals surface area contributed by atoms with E-state index in [0.717, 1.165) is 56.4 Å². The predicted octanol–water partition coefficient (Wildman–Crippen LogP) is 3.64. The molecule has 2 aromatic heterocycles. The minimum Gasteiger partial charge on any atom is -0.328 e. The van der Waals surface area contributed by atoms with Crippen LogP contribution >= 0.6 is 0 Å². The molecule has 2 aliphatic heterocycles. The molecule has 1 atom stereocenters. The van der Waals surface area contributed by atoms with Crippen molar-refractivity contribution in [1.82, 2.24) is 24.4 Å². The monoisotopic (exact) mass is 443 g/mol. The van der Waals surface area contributed by atoms with E-state index in [9.17, 15) is 14.4 Å². The van der Waals surface area contributed by atoms with Gasteiger partial charge in [0.2, 0.25) is 0 Å². The molecule has 3 aromatic rings. The fourth-order valence-electron chi connectivity index (χ4n) is 5.59. The average Bonchev–Trinajstić information content (AvgIpc) is 3.56. The van der Waals surface area contributed by atoms with Crippen LogP contribution in [0.1, 0.15) is 87.9 Å². The second-order valence-electron chi connectivity index (χ2n) is 9.18. The average molecular weight is 444 g/mol. The van der Waals surface area contributed by atoms with Gasteiger partial charge in [-0.1, -0.05) is 25.3 Å². The van der Waals surface area contributed by atoms with Crippen molar-refractivity contribution in [2.75, 3.05) is 6.54 Å². The minimum atomic E-state index is -0.266. The Labute approximate surface area is 191 Å². The Morgan fingerprint density at radius 2 is 1.70 bits per heavy atom. The summed E-state index contributed by atoms with van der Waals surface area (Å²) in [5, 5.41) is 8.59. The highest BCUT2D eigenvalue weighted by molar-refractivity contribution is 6.22. The second-order valence-corrected chi connectivity index (χ2v) is 9.18. The molecule has 3 amide bonds. The van der Waals surface area contributed by atoms with Gasteiger partial charge in [0.1, 0.15) is 0 Å². The van der Waals surface area contributed by atoms with E-state index in [2.05, 4.69) is 10.2 Å². The lowest BCUT2D eigenvalue weighted by Crippen LogP contribution is -2.40. The summed E-state index contributed by atoms with van der Waals surface area (Å²) in [7, 11) is 0. The molecule has 1 aromatic carbocycles. The number of benzene rings is 1. The highest BCUT2D eigenvalue weighted by atomic mass is 16.2. The molecule has 6 rings (SSSR count). The summed E-state index contributed by atoms with van der Waals surface area (Å²) in [6.07, 6.45) is 8.53. The van der Waals surface area contributed by atoms with E-state index in [4.69, 9.17) is 0 Å². The van der Waals surface area contributed by atoms with Crippen LogP contribution in [0.4, 0.5) is 0 Å². The first-order chi connectivity index (χ1) is 16.1. The molecular formula is C25H25N5O3. The topological polar surface area (TPSA) is 87.9 Å². The number of fused-ring (bicyclic) bond motifs is 2. The Balaban J connectivity index is 1.29. The predicted molar refractivity (Wildman–Crippen MR) is 120 cm³/mol. The zero-order valence-corrected chi connectivity index (χ0v) is 18.3. The van der Waals surface area contributed by atoms with Crippen molar-refractivity contribution in [1.29, 1.82) is 0 Å².